The molecule has 2 aromatic heterocycles. The quantitative estimate of drug-likeness (QED) is 0.168. The highest BCUT2D eigenvalue weighted by Gasteiger charge is 2.42. The number of hydrogen-bond donors (Lipinski definition) is 0. The van der Waals surface area contributed by atoms with Gasteiger partial charge >= 0.3 is 0 Å². The van der Waals surface area contributed by atoms with E-state index < -0.39 is 0 Å². The number of benzene rings is 6. The molecule has 10 rings (SSSR count). The number of fused-ring (bicyclic) bond motifs is 6. The van der Waals surface area contributed by atoms with E-state index in [-0.39, 0.29) is 5.92 Å². The van der Waals surface area contributed by atoms with Crippen molar-refractivity contribution in [2.75, 3.05) is 0 Å². The standard InChI is InChI=1S/C53H45NO/c1-5-6-16-40-35(4)54(49-27-24-38(32-46(40)49)45-30-34(3)31-48-47-29-33(2)21-28-50(47)55-53(45)48)39-25-22-37(23-26-39)52-43-19-12-10-17-41(43)51(36-14-8-7-9-15-36)42-18-11-13-20-44(42)52/h6-32,41,43,51-52H,5H2,1-4H3. The first-order chi connectivity index (χ1) is 27.0. The van der Waals surface area contributed by atoms with Crippen LogP contribution in [-0.2, 0) is 0 Å². The molecule has 0 saturated heterocycles. The minimum absolute atomic E-state index is 0.276. The third kappa shape index (κ3) is 5.46. The summed E-state index contributed by atoms with van der Waals surface area (Å²) in [6, 6.07) is 47.7. The SMILES string of the molecule is CCC=Cc1c(C)n(-c2ccc(C3c4ccccc4C(c4ccccc4)C4C=CC=CC34)cc2)c2ccc(-c3cc(C)cc4c3oc3ccc(C)cc34)cc12. The minimum Gasteiger partial charge on any atom is -0.455 e. The van der Waals surface area contributed by atoms with Gasteiger partial charge in [-0.05, 0) is 121 Å². The summed E-state index contributed by atoms with van der Waals surface area (Å²) >= 11 is 0. The maximum atomic E-state index is 6.57. The first-order valence-electron chi connectivity index (χ1n) is 19.8. The molecule has 0 saturated carbocycles. The van der Waals surface area contributed by atoms with Crippen LogP contribution in [0.15, 0.2) is 162 Å². The van der Waals surface area contributed by atoms with Crippen molar-refractivity contribution in [3.63, 3.8) is 0 Å². The Morgan fingerprint density at radius 1 is 0.618 bits per heavy atom. The van der Waals surface area contributed by atoms with Crippen LogP contribution in [-0.4, -0.2) is 4.57 Å². The van der Waals surface area contributed by atoms with Crippen molar-refractivity contribution >= 4 is 38.9 Å². The maximum absolute atomic E-state index is 6.57. The summed E-state index contributed by atoms with van der Waals surface area (Å²) in [5.41, 5.74) is 17.2. The molecule has 0 N–H and O–H groups in total. The van der Waals surface area contributed by atoms with Gasteiger partial charge in [0, 0.05) is 50.5 Å². The zero-order valence-electron chi connectivity index (χ0n) is 32.0. The van der Waals surface area contributed by atoms with Gasteiger partial charge in [-0.2, -0.15) is 0 Å². The van der Waals surface area contributed by atoms with E-state index >= 15 is 0 Å². The molecule has 2 nitrogen and oxygen atoms in total. The van der Waals surface area contributed by atoms with Gasteiger partial charge < -0.3 is 8.98 Å². The zero-order chi connectivity index (χ0) is 37.2. The Kier molecular flexibility index (Phi) is 8.10. The molecule has 6 aromatic carbocycles. The maximum Gasteiger partial charge on any atom is 0.143 e. The van der Waals surface area contributed by atoms with Crippen molar-refractivity contribution in [1.82, 2.24) is 4.57 Å². The Labute approximate surface area is 323 Å². The van der Waals surface area contributed by atoms with Crippen LogP contribution < -0.4 is 0 Å². The lowest BCUT2D eigenvalue weighted by Crippen LogP contribution is -2.33. The van der Waals surface area contributed by atoms with E-state index in [9.17, 15) is 0 Å². The molecule has 2 aliphatic rings. The summed E-state index contributed by atoms with van der Waals surface area (Å²) in [4.78, 5) is 0. The molecule has 0 bridgehead atoms. The minimum atomic E-state index is 0.276. The van der Waals surface area contributed by atoms with E-state index in [2.05, 4.69) is 196 Å². The molecule has 0 aliphatic heterocycles. The molecule has 0 fully saturated rings. The fraction of sp³-hybridized carbons (Fsp3) is 0.170. The van der Waals surface area contributed by atoms with E-state index in [0.29, 0.717) is 17.8 Å². The summed E-state index contributed by atoms with van der Waals surface area (Å²) in [5.74, 6) is 1.37. The van der Waals surface area contributed by atoms with Gasteiger partial charge in [0.05, 0.1) is 5.52 Å². The lowest BCUT2D eigenvalue weighted by molar-refractivity contribution is 0.361. The fourth-order valence-electron chi connectivity index (χ4n) is 9.83. The monoisotopic (exact) mass is 711 g/mol. The van der Waals surface area contributed by atoms with Gasteiger partial charge in [-0.3, -0.25) is 0 Å². The van der Waals surface area contributed by atoms with Gasteiger partial charge in [0.15, 0.2) is 0 Å². The predicted molar refractivity (Wildman–Crippen MR) is 231 cm³/mol. The van der Waals surface area contributed by atoms with E-state index in [1.54, 1.807) is 0 Å². The van der Waals surface area contributed by atoms with Crippen molar-refractivity contribution in [2.45, 2.75) is 46.0 Å². The van der Waals surface area contributed by atoms with Gasteiger partial charge in [-0.25, -0.2) is 0 Å². The molecular formula is C53H45NO. The normalized spacial score (nSPS) is 19.1. The lowest BCUT2D eigenvalue weighted by Gasteiger charge is -2.44. The van der Waals surface area contributed by atoms with Gasteiger partial charge in [0.1, 0.15) is 11.2 Å². The molecule has 4 atom stereocenters. The largest absolute Gasteiger partial charge is 0.455 e. The summed E-state index contributed by atoms with van der Waals surface area (Å²) < 4.78 is 9.02. The smallest absolute Gasteiger partial charge is 0.143 e. The third-order valence-corrected chi connectivity index (χ3v) is 12.3. The van der Waals surface area contributed by atoms with E-state index in [4.69, 9.17) is 4.42 Å². The van der Waals surface area contributed by atoms with Crippen LogP contribution in [0.25, 0.3) is 55.7 Å². The highest BCUT2D eigenvalue weighted by Crippen LogP contribution is 2.53. The Hall–Kier alpha value is -6.12. The fourth-order valence-corrected chi connectivity index (χ4v) is 9.83. The first-order valence-corrected chi connectivity index (χ1v) is 19.8. The molecule has 0 amide bonds. The van der Waals surface area contributed by atoms with Crippen LogP contribution in [0.5, 0.6) is 0 Å². The number of rotatable bonds is 6. The number of aryl methyl sites for hydroxylation is 2. The topological polar surface area (TPSA) is 18.1 Å². The van der Waals surface area contributed by atoms with Gasteiger partial charge in [-0.1, -0.05) is 128 Å². The second-order valence-electron chi connectivity index (χ2n) is 15.7. The Morgan fingerprint density at radius 3 is 2.00 bits per heavy atom. The Morgan fingerprint density at radius 2 is 1.29 bits per heavy atom. The van der Waals surface area contributed by atoms with E-state index in [1.165, 1.54) is 77.6 Å². The Balaban J connectivity index is 1.08. The van der Waals surface area contributed by atoms with Crippen LogP contribution in [0.2, 0.25) is 0 Å². The summed E-state index contributed by atoms with van der Waals surface area (Å²) in [7, 11) is 0. The van der Waals surface area contributed by atoms with Crippen molar-refractivity contribution in [3.8, 4) is 16.8 Å². The first kappa shape index (κ1) is 33.4. The second kappa shape index (κ2) is 13.3. The average Bonchev–Trinajstić information content (AvgIpc) is 3.71. The van der Waals surface area contributed by atoms with Gasteiger partial charge in [0.2, 0.25) is 0 Å². The van der Waals surface area contributed by atoms with Crippen LogP contribution in [0.1, 0.15) is 69.8 Å². The van der Waals surface area contributed by atoms with E-state index in [1.807, 2.05) is 0 Å². The average molecular weight is 712 g/mol. The molecule has 2 heterocycles. The molecular weight excluding hydrogens is 667 g/mol. The van der Waals surface area contributed by atoms with Crippen molar-refractivity contribution in [1.29, 1.82) is 0 Å². The molecule has 268 valence electrons. The van der Waals surface area contributed by atoms with Crippen molar-refractivity contribution in [3.05, 3.63) is 202 Å². The van der Waals surface area contributed by atoms with Gasteiger partial charge in [0.25, 0.3) is 0 Å². The number of aromatic nitrogens is 1. The molecule has 8 aromatic rings. The Bertz CT molecular complexity index is 2840. The molecule has 0 spiro atoms. The highest BCUT2D eigenvalue weighted by atomic mass is 16.3. The molecule has 55 heavy (non-hydrogen) atoms. The summed E-state index contributed by atoms with van der Waals surface area (Å²) in [5, 5.41) is 3.61. The predicted octanol–water partition coefficient (Wildman–Crippen LogP) is 14.2. The van der Waals surface area contributed by atoms with Crippen molar-refractivity contribution in [2.24, 2.45) is 11.8 Å². The number of allylic oxidation sites excluding steroid dienone is 5. The molecule has 4 unspecified atom stereocenters. The van der Waals surface area contributed by atoms with Crippen LogP contribution >= 0.6 is 0 Å². The van der Waals surface area contributed by atoms with E-state index in [0.717, 1.165) is 23.2 Å². The highest BCUT2D eigenvalue weighted by molar-refractivity contribution is 6.10. The molecule has 2 heteroatoms. The zero-order valence-corrected chi connectivity index (χ0v) is 32.0. The third-order valence-electron chi connectivity index (χ3n) is 12.3. The molecule has 2 aliphatic carbocycles. The summed E-state index contributed by atoms with van der Waals surface area (Å²) in [6.45, 7) is 8.80. The van der Waals surface area contributed by atoms with Crippen LogP contribution in [0, 0.1) is 32.6 Å². The second-order valence-corrected chi connectivity index (χ2v) is 15.7. The lowest BCUT2D eigenvalue weighted by atomic mass is 9.59. The molecule has 0 radical (unpaired) electrons. The van der Waals surface area contributed by atoms with Crippen LogP contribution in [0.3, 0.4) is 0 Å². The number of furan rings is 1. The van der Waals surface area contributed by atoms with Crippen LogP contribution in [0.4, 0.5) is 0 Å². The number of hydrogen-bond acceptors (Lipinski definition) is 1. The number of nitrogens with zero attached hydrogens (tertiary/aromatic N) is 1. The van der Waals surface area contributed by atoms with Crippen molar-refractivity contribution < 1.29 is 4.42 Å². The summed E-state index contributed by atoms with van der Waals surface area (Å²) in [6.07, 6.45) is 15.0. The van der Waals surface area contributed by atoms with Gasteiger partial charge in [-0.15, -0.1) is 0 Å².